The molecule has 0 atom stereocenters. The van der Waals surface area contributed by atoms with Crippen LogP contribution in [-0.4, -0.2) is 21.6 Å². The monoisotopic (exact) mass is 322 g/mol. The smallest absolute Gasteiger partial charge is 0.265 e. The van der Waals surface area contributed by atoms with Crippen molar-refractivity contribution in [2.24, 2.45) is 0 Å². The summed E-state index contributed by atoms with van der Waals surface area (Å²) in [4.78, 5) is 17.0. The summed E-state index contributed by atoms with van der Waals surface area (Å²) in [5.41, 5.74) is 1.28. The summed E-state index contributed by atoms with van der Waals surface area (Å²) < 4.78 is 6.57. The summed E-state index contributed by atoms with van der Waals surface area (Å²) >= 11 is 0. The topological polar surface area (TPSA) is 99.6 Å². The Balaban J connectivity index is 2.15. The Morgan fingerprint density at radius 1 is 1.33 bits per heavy atom. The molecule has 0 saturated heterocycles. The zero-order valence-corrected chi connectivity index (χ0v) is 12.9. The Hall–Kier alpha value is -3.37. The maximum atomic E-state index is 12.6. The van der Waals surface area contributed by atoms with Crippen LogP contribution in [0.4, 0.5) is 11.5 Å². The third kappa shape index (κ3) is 2.66. The van der Waals surface area contributed by atoms with Gasteiger partial charge in [0.15, 0.2) is 11.4 Å². The van der Waals surface area contributed by atoms with E-state index in [0.717, 1.165) is 0 Å². The van der Waals surface area contributed by atoms with Crippen molar-refractivity contribution < 1.29 is 9.84 Å². The molecule has 24 heavy (non-hydrogen) atoms. The van der Waals surface area contributed by atoms with E-state index < -0.39 is 6.61 Å². The van der Waals surface area contributed by atoms with E-state index in [1.165, 1.54) is 11.5 Å². The summed E-state index contributed by atoms with van der Waals surface area (Å²) in [5, 5.41) is 21.4. The lowest BCUT2D eigenvalue weighted by atomic mass is 10.2. The molecule has 120 valence electrons. The first-order valence-corrected chi connectivity index (χ1v) is 7.14. The van der Waals surface area contributed by atoms with Gasteiger partial charge in [0.2, 0.25) is 0 Å². The van der Waals surface area contributed by atoms with E-state index in [9.17, 15) is 9.90 Å². The highest BCUT2D eigenvalue weighted by Gasteiger charge is 2.14. The number of hydrogen-bond donors (Lipinski definition) is 2. The molecule has 3 aromatic rings. The summed E-state index contributed by atoms with van der Waals surface area (Å²) in [5.74, 6) is 0.693. The van der Waals surface area contributed by atoms with E-state index >= 15 is 0 Å². The number of aliphatic hydroxyl groups excluding tert-OH is 1. The minimum atomic E-state index is -0.454. The van der Waals surface area contributed by atoms with Crippen LogP contribution in [0, 0.1) is 11.3 Å². The number of aliphatic hydroxyl groups is 1. The van der Waals surface area contributed by atoms with Crippen LogP contribution in [0.2, 0.25) is 0 Å². The number of nitrogens with zero attached hydrogens (tertiary/aromatic N) is 3. The second kappa shape index (κ2) is 6.40. The Labute approximate surface area is 137 Å². The predicted molar refractivity (Wildman–Crippen MR) is 88.4 cm³/mol. The standard InChI is InChI=1S/C17H14N4O3/c1-24-14-3-2-8-21-16(14)20-15(13(10-22)17(21)23)19-12-6-4-11(9-18)5-7-12/h2-8,19,22H,10H2,1H3. The second-order valence-electron chi connectivity index (χ2n) is 4.99. The van der Waals surface area contributed by atoms with Gasteiger partial charge in [-0.25, -0.2) is 4.98 Å². The lowest BCUT2D eigenvalue weighted by molar-refractivity contribution is 0.280. The highest BCUT2D eigenvalue weighted by Crippen LogP contribution is 2.22. The molecule has 2 heterocycles. The van der Waals surface area contributed by atoms with Gasteiger partial charge in [-0.15, -0.1) is 0 Å². The molecule has 0 unspecified atom stereocenters. The summed E-state index contributed by atoms with van der Waals surface area (Å²) in [6, 6.07) is 12.1. The molecule has 7 nitrogen and oxygen atoms in total. The van der Waals surface area contributed by atoms with Gasteiger partial charge in [0, 0.05) is 11.9 Å². The van der Waals surface area contributed by atoms with E-state index in [1.807, 2.05) is 6.07 Å². The number of hydrogen-bond acceptors (Lipinski definition) is 6. The molecule has 2 N–H and O–H groups in total. The van der Waals surface area contributed by atoms with Crippen molar-refractivity contribution in [3.63, 3.8) is 0 Å². The molecule has 0 bridgehead atoms. The number of nitrogens with one attached hydrogen (secondary N) is 1. The van der Waals surface area contributed by atoms with Crippen LogP contribution in [-0.2, 0) is 6.61 Å². The van der Waals surface area contributed by atoms with Crippen molar-refractivity contribution in [2.45, 2.75) is 6.61 Å². The fraction of sp³-hybridized carbons (Fsp3) is 0.118. The lowest BCUT2D eigenvalue weighted by Gasteiger charge is -2.13. The maximum absolute atomic E-state index is 12.6. The summed E-state index contributed by atoms with van der Waals surface area (Å²) in [7, 11) is 1.50. The number of pyridine rings is 1. The fourth-order valence-electron chi connectivity index (χ4n) is 2.34. The first-order valence-electron chi connectivity index (χ1n) is 7.14. The molecule has 0 radical (unpaired) electrons. The maximum Gasteiger partial charge on any atom is 0.265 e. The zero-order chi connectivity index (χ0) is 17.1. The Kier molecular flexibility index (Phi) is 4.14. The van der Waals surface area contributed by atoms with Gasteiger partial charge >= 0.3 is 0 Å². The summed E-state index contributed by atoms with van der Waals surface area (Å²) in [6.07, 6.45) is 1.57. The number of methoxy groups -OCH3 is 1. The minimum Gasteiger partial charge on any atom is -0.493 e. The van der Waals surface area contributed by atoms with Gasteiger partial charge in [-0.2, -0.15) is 5.26 Å². The molecule has 0 aliphatic carbocycles. The van der Waals surface area contributed by atoms with Gasteiger partial charge in [-0.05, 0) is 36.4 Å². The first-order chi connectivity index (χ1) is 11.7. The third-order valence-corrected chi connectivity index (χ3v) is 3.57. The van der Waals surface area contributed by atoms with E-state index in [2.05, 4.69) is 10.3 Å². The van der Waals surface area contributed by atoms with E-state index in [-0.39, 0.29) is 16.9 Å². The van der Waals surface area contributed by atoms with Crippen LogP contribution >= 0.6 is 0 Å². The number of anilines is 2. The van der Waals surface area contributed by atoms with Crippen LogP contribution in [0.1, 0.15) is 11.1 Å². The molecule has 3 rings (SSSR count). The molecule has 7 heteroatoms. The van der Waals surface area contributed by atoms with Crippen molar-refractivity contribution in [1.29, 1.82) is 5.26 Å². The number of ether oxygens (including phenoxy) is 1. The van der Waals surface area contributed by atoms with Gasteiger partial charge in [-0.1, -0.05) is 0 Å². The van der Waals surface area contributed by atoms with Crippen molar-refractivity contribution in [2.75, 3.05) is 12.4 Å². The van der Waals surface area contributed by atoms with E-state index in [1.54, 1.807) is 42.6 Å². The molecule has 0 saturated carbocycles. The van der Waals surface area contributed by atoms with Crippen LogP contribution in [0.25, 0.3) is 5.65 Å². The fourth-order valence-corrected chi connectivity index (χ4v) is 2.34. The van der Waals surface area contributed by atoms with Gasteiger partial charge in [0.05, 0.1) is 30.9 Å². The van der Waals surface area contributed by atoms with E-state index in [4.69, 9.17) is 10.00 Å². The van der Waals surface area contributed by atoms with Crippen molar-refractivity contribution in [1.82, 2.24) is 9.38 Å². The van der Waals surface area contributed by atoms with Crippen molar-refractivity contribution in [3.8, 4) is 11.8 Å². The molecular formula is C17H14N4O3. The molecule has 0 amide bonds. The molecule has 0 fully saturated rings. The molecular weight excluding hydrogens is 308 g/mol. The van der Waals surface area contributed by atoms with E-state index in [0.29, 0.717) is 22.6 Å². The highest BCUT2D eigenvalue weighted by molar-refractivity contribution is 5.65. The lowest BCUT2D eigenvalue weighted by Crippen LogP contribution is -2.22. The number of rotatable bonds is 4. The van der Waals surface area contributed by atoms with Crippen molar-refractivity contribution in [3.05, 3.63) is 64.1 Å². The Morgan fingerprint density at radius 3 is 2.71 bits per heavy atom. The molecule has 1 aromatic carbocycles. The van der Waals surface area contributed by atoms with Gasteiger partial charge < -0.3 is 15.2 Å². The zero-order valence-electron chi connectivity index (χ0n) is 12.9. The molecule has 0 aliphatic rings. The molecule has 0 spiro atoms. The number of fused-ring (bicyclic) bond motifs is 1. The number of aromatic nitrogens is 2. The minimum absolute atomic E-state index is 0.144. The quantitative estimate of drug-likeness (QED) is 0.760. The summed E-state index contributed by atoms with van der Waals surface area (Å²) in [6.45, 7) is -0.454. The van der Waals surface area contributed by atoms with Crippen molar-refractivity contribution >= 4 is 17.2 Å². The Bertz CT molecular complexity index is 988. The average Bonchev–Trinajstić information content (AvgIpc) is 2.62. The van der Waals surface area contributed by atoms with Gasteiger partial charge in [-0.3, -0.25) is 9.20 Å². The van der Waals surface area contributed by atoms with Crippen LogP contribution in [0.3, 0.4) is 0 Å². The second-order valence-corrected chi connectivity index (χ2v) is 4.99. The normalized spacial score (nSPS) is 10.4. The van der Waals surface area contributed by atoms with Gasteiger partial charge in [0.1, 0.15) is 5.82 Å². The number of benzene rings is 1. The number of nitriles is 1. The highest BCUT2D eigenvalue weighted by atomic mass is 16.5. The molecule has 2 aromatic heterocycles. The van der Waals surface area contributed by atoms with Crippen LogP contribution in [0.5, 0.6) is 5.75 Å². The SMILES string of the molecule is COc1cccn2c(=O)c(CO)c(Nc3ccc(C#N)cc3)nc12. The largest absolute Gasteiger partial charge is 0.493 e. The van der Waals surface area contributed by atoms with Crippen LogP contribution < -0.4 is 15.6 Å². The molecule has 0 aliphatic heterocycles. The third-order valence-electron chi connectivity index (χ3n) is 3.57. The first kappa shape index (κ1) is 15.5. The predicted octanol–water partition coefficient (Wildman–Crippen LogP) is 1.81. The van der Waals surface area contributed by atoms with Crippen LogP contribution in [0.15, 0.2) is 47.4 Å². The average molecular weight is 322 g/mol. The van der Waals surface area contributed by atoms with Gasteiger partial charge in [0.25, 0.3) is 5.56 Å². The Morgan fingerprint density at radius 2 is 2.08 bits per heavy atom.